The Morgan fingerprint density at radius 1 is 0.478 bits per heavy atom. The van der Waals surface area contributed by atoms with E-state index in [9.17, 15) is 0 Å². The summed E-state index contributed by atoms with van der Waals surface area (Å²) in [4.78, 5) is 0. The van der Waals surface area contributed by atoms with Gasteiger partial charge in [-0.05, 0) is 83.0 Å². The SMILES string of the molecule is NC(NC(NCc1c2ccccc2cc2c1ccc1ccccc12)c1ccccc1-c1ccc2ccccc2c1)c1ccccc1. The Hall–Kier alpha value is -5.32. The third-order valence-corrected chi connectivity index (χ3v) is 9.20. The van der Waals surface area contributed by atoms with Crippen molar-refractivity contribution in [3.63, 3.8) is 0 Å². The molecule has 0 aliphatic carbocycles. The van der Waals surface area contributed by atoms with Crippen molar-refractivity contribution < 1.29 is 0 Å². The molecule has 46 heavy (non-hydrogen) atoms. The number of hydrogen-bond donors (Lipinski definition) is 3. The molecule has 0 spiro atoms. The molecule has 8 rings (SSSR count). The second-order valence-corrected chi connectivity index (χ2v) is 12.0. The number of hydrogen-bond acceptors (Lipinski definition) is 3. The lowest BCUT2D eigenvalue weighted by atomic mass is 9.92. The summed E-state index contributed by atoms with van der Waals surface area (Å²) >= 11 is 0. The molecule has 0 aliphatic rings. The quantitative estimate of drug-likeness (QED) is 0.0934. The lowest BCUT2D eigenvalue weighted by Crippen LogP contribution is -2.40. The number of benzene rings is 8. The van der Waals surface area contributed by atoms with Crippen molar-refractivity contribution >= 4 is 43.1 Å². The maximum Gasteiger partial charge on any atom is 0.0858 e. The molecule has 8 aromatic carbocycles. The number of rotatable bonds is 8. The molecule has 3 nitrogen and oxygen atoms in total. The molecule has 0 bridgehead atoms. The monoisotopic (exact) mass is 593 g/mol. The van der Waals surface area contributed by atoms with E-state index in [1.165, 1.54) is 59.8 Å². The van der Waals surface area contributed by atoms with Crippen molar-refractivity contribution in [2.75, 3.05) is 0 Å². The van der Waals surface area contributed by atoms with Crippen LogP contribution in [0.1, 0.15) is 29.0 Å². The fourth-order valence-corrected chi connectivity index (χ4v) is 6.87. The smallest absolute Gasteiger partial charge is 0.0858 e. The Morgan fingerprint density at radius 2 is 1.13 bits per heavy atom. The standard InChI is InChI=1S/C43H35N3/c44-42(31-14-2-1-3-15-31)46-43(39-21-11-10-19-36(39)34-23-22-29-12-4-5-16-32(29)26-34)45-28-41-37-20-9-7-17-33(37)27-40-35-18-8-6-13-30(35)24-25-38(40)41/h1-27,42-43,45-46H,28,44H2. The summed E-state index contributed by atoms with van der Waals surface area (Å²) in [6.07, 6.45) is -0.594. The summed E-state index contributed by atoms with van der Waals surface area (Å²) in [5.41, 5.74) is 12.7. The minimum atomic E-state index is -0.364. The molecule has 0 radical (unpaired) electrons. The van der Waals surface area contributed by atoms with Gasteiger partial charge in [0.05, 0.1) is 12.3 Å². The van der Waals surface area contributed by atoms with Crippen LogP contribution in [0, 0.1) is 0 Å². The Bertz CT molecular complexity index is 2330. The van der Waals surface area contributed by atoms with Gasteiger partial charge in [-0.3, -0.25) is 10.6 Å². The van der Waals surface area contributed by atoms with Crippen LogP contribution in [0.15, 0.2) is 164 Å². The van der Waals surface area contributed by atoms with Gasteiger partial charge in [-0.25, -0.2) is 0 Å². The van der Waals surface area contributed by atoms with Crippen LogP contribution in [0.25, 0.3) is 54.2 Å². The molecule has 2 atom stereocenters. The van der Waals surface area contributed by atoms with Crippen molar-refractivity contribution in [2.24, 2.45) is 5.73 Å². The molecular formula is C43H35N3. The van der Waals surface area contributed by atoms with Gasteiger partial charge in [0.1, 0.15) is 0 Å². The molecule has 3 heteroatoms. The van der Waals surface area contributed by atoms with Crippen LogP contribution in [-0.4, -0.2) is 0 Å². The first-order valence-corrected chi connectivity index (χ1v) is 15.9. The predicted octanol–water partition coefficient (Wildman–Crippen LogP) is 10.0. The van der Waals surface area contributed by atoms with Crippen LogP contribution in [0.5, 0.6) is 0 Å². The van der Waals surface area contributed by atoms with Gasteiger partial charge in [0.15, 0.2) is 0 Å². The fourth-order valence-electron chi connectivity index (χ4n) is 6.87. The van der Waals surface area contributed by atoms with E-state index in [-0.39, 0.29) is 12.3 Å². The van der Waals surface area contributed by atoms with Crippen LogP contribution in [0.4, 0.5) is 0 Å². The van der Waals surface area contributed by atoms with Crippen LogP contribution in [0.3, 0.4) is 0 Å². The van der Waals surface area contributed by atoms with Crippen molar-refractivity contribution in [1.29, 1.82) is 0 Å². The Kier molecular flexibility index (Phi) is 7.49. The van der Waals surface area contributed by atoms with Gasteiger partial charge < -0.3 is 5.73 Å². The molecule has 4 N–H and O–H groups in total. The second kappa shape index (κ2) is 12.2. The van der Waals surface area contributed by atoms with Gasteiger partial charge in [0.25, 0.3) is 0 Å². The minimum absolute atomic E-state index is 0.229. The van der Waals surface area contributed by atoms with E-state index < -0.39 is 0 Å². The van der Waals surface area contributed by atoms with E-state index in [0.717, 1.165) is 11.1 Å². The molecule has 222 valence electrons. The van der Waals surface area contributed by atoms with E-state index in [2.05, 4.69) is 156 Å². The van der Waals surface area contributed by atoms with Gasteiger partial charge in [0, 0.05) is 6.54 Å². The Morgan fingerprint density at radius 3 is 1.98 bits per heavy atom. The number of fused-ring (bicyclic) bond motifs is 5. The predicted molar refractivity (Wildman–Crippen MR) is 194 cm³/mol. The first-order chi connectivity index (χ1) is 22.7. The molecule has 0 fully saturated rings. The first-order valence-electron chi connectivity index (χ1n) is 15.9. The zero-order chi connectivity index (χ0) is 30.9. The van der Waals surface area contributed by atoms with Crippen LogP contribution >= 0.6 is 0 Å². The number of nitrogens with one attached hydrogen (secondary N) is 2. The molecule has 0 saturated heterocycles. The molecule has 0 amide bonds. The zero-order valence-electron chi connectivity index (χ0n) is 25.5. The highest BCUT2D eigenvalue weighted by atomic mass is 15.2. The van der Waals surface area contributed by atoms with Crippen molar-refractivity contribution in [1.82, 2.24) is 10.6 Å². The van der Waals surface area contributed by atoms with E-state index in [0.29, 0.717) is 6.54 Å². The van der Waals surface area contributed by atoms with Crippen molar-refractivity contribution in [3.8, 4) is 11.1 Å². The Labute approximate surface area is 269 Å². The number of nitrogens with two attached hydrogens (primary N) is 1. The van der Waals surface area contributed by atoms with Gasteiger partial charge in [-0.2, -0.15) is 0 Å². The van der Waals surface area contributed by atoms with E-state index >= 15 is 0 Å². The van der Waals surface area contributed by atoms with Gasteiger partial charge in [-0.1, -0.05) is 152 Å². The zero-order valence-corrected chi connectivity index (χ0v) is 25.5. The topological polar surface area (TPSA) is 50.1 Å². The largest absolute Gasteiger partial charge is 0.312 e. The summed E-state index contributed by atoms with van der Waals surface area (Å²) < 4.78 is 0. The maximum absolute atomic E-state index is 6.86. The summed E-state index contributed by atoms with van der Waals surface area (Å²) in [6, 6.07) is 58.4. The minimum Gasteiger partial charge on any atom is -0.312 e. The molecule has 8 aromatic rings. The fraction of sp³-hybridized carbons (Fsp3) is 0.0698. The Balaban J connectivity index is 1.24. The first kappa shape index (κ1) is 28.2. The van der Waals surface area contributed by atoms with Crippen molar-refractivity contribution in [3.05, 3.63) is 180 Å². The summed E-state index contributed by atoms with van der Waals surface area (Å²) in [7, 11) is 0. The molecule has 0 heterocycles. The average molecular weight is 594 g/mol. The maximum atomic E-state index is 6.86. The molecule has 0 aromatic heterocycles. The highest BCUT2D eigenvalue weighted by Crippen LogP contribution is 2.35. The van der Waals surface area contributed by atoms with Crippen LogP contribution in [0.2, 0.25) is 0 Å². The summed E-state index contributed by atoms with van der Waals surface area (Å²) in [5.74, 6) is 0. The van der Waals surface area contributed by atoms with E-state index in [1.807, 2.05) is 18.2 Å². The average Bonchev–Trinajstić information content (AvgIpc) is 3.13. The van der Waals surface area contributed by atoms with Crippen molar-refractivity contribution in [2.45, 2.75) is 18.9 Å². The molecule has 0 aliphatic heterocycles. The van der Waals surface area contributed by atoms with E-state index in [1.54, 1.807) is 0 Å². The van der Waals surface area contributed by atoms with Gasteiger partial charge in [0.2, 0.25) is 0 Å². The third-order valence-electron chi connectivity index (χ3n) is 9.20. The molecule has 2 unspecified atom stereocenters. The van der Waals surface area contributed by atoms with Gasteiger partial charge >= 0.3 is 0 Å². The third kappa shape index (κ3) is 5.31. The highest BCUT2D eigenvalue weighted by molar-refractivity contribution is 6.14. The summed E-state index contributed by atoms with van der Waals surface area (Å²) in [5, 5.41) is 17.7. The normalized spacial score (nSPS) is 13.0. The molecule has 0 saturated carbocycles. The van der Waals surface area contributed by atoms with Gasteiger partial charge in [-0.15, -0.1) is 0 Å². The molecular weight excluding hydrogens is 558 g/mol. The summed E-state index contributed by atoms with van der Waals surface area (Å²) in [6.45, 7) is 0.654. The lowest BCUT2D eigenvalue weighted by Gasteiger charge is -2.28. The van der Waals surface area contributed by atoms with Crippen LogP contribution < -0.4 is 16.4 Å². The van der Waals surface area contributed by atoms with E-state index in [4.69, 9.17) is 5.73 Å². The highest BCUT2D eigenvalue weighted by Gasteiger charge is 2.20. The van der Waals surface area contributed by atoms with Crippen LogP contribution in [-0.2, 0) is 6.54 Å². The lowest BCUT2D eigenvalue weighted by molar-refractivity contribution is 0.387. The second-order valence-electron chi connectivity index (χ2n) is 12.0.